The van der Waals surface area contributed by atoms with Crippen molar-refractivity contribution in [1.82, 2.24) is 9.66 Å². The fourth-order valence-electron chi connectivity index (χ4n) is 1.35. The van der Waals surface area contributed by atoms with Gasteiger partial charge in [0.15, 0.2) is 0 Å². The third-order valence-corrected chi connectivity index (χ3v) is 3.78. The number of halogens is 2. The Kier molecular flexibility index (Phi) is 3.82. The maximum Gasteiger partial charge on any atom is 0.221 e. The lowest BCUT2D eigenvalue weighted by Gasteiger charge is -2.01. The van der Waals surface area contributed by atoms with Crippen molar-refractivity contribution in [2.75, 3.05) is 5.73 Å². The number of nitrogen functional groups attached to an aromatic ring is 1. The van der Waals surface area contributed by atoms with Crippen molar-refractivity contribution in [2.45, 2.75) is 6.92 Å². The van der Waals surface area contributed by atoms with E-state index in [1.807, 2.05) is 25.1 Å². The third kappa shape index (κ3) is 2.86. The van der Waals surface area contributed by atoms with Gasteiger partial charge in [-0.2, -0.15) is 5.10 Å². The van der Waals surface area contributed by atoms with Crippen molar-refractivity contribution >= 4 is 50.7 Å². The van der Waals surface area contributed by atoms with Crippen LogP contribution in [0.3, 0.4) is 0 Å². The predicted molar refractivity (Wildman–Crippen MR) is 81.2 cm³/mol. The summed E-state index contributed by atoms with van der Waals surface area (Å²) in [6.45, 7) is 1.88. The zero-order chi connectivity index (χ0) is 12.4. The van der Waals surface area contributed by atoms with E-state index in [-0.39, 0.29) is 0 Å². The first-order valence-corrected chi connectivity index (χ1v) is 6.75. The molecule has 2 aromatic rings. The molecule has 0 radical (unpaired) electrons. The normalized spacial score (nSPS) is 11.2. The van der Waals surface area contributed by atoms with E-state index in [4.69, 9.17) is 5.73 Å². The number of aromatic nitrogens is 2. The fourth-order valence-corrected chi connectivity index (χ4v) is 2.83. The molecule has 0 aliphatic rings. The van der Waals surface area contributed by atoms with Crippen LogP contribution in [-0.4, -0.2) is 15.9 Å². The molecule has 0 spiro atoms. The summed E-state index contributed by atoms with van der Waals surface area (Å²) in [5.41, 5.74) is 7.58. The number of imidazole rings is 1. The standard InChI is InChI=1S/C11H10BrIN4/c1-7-6-17(11(14)16-7)15-5-8-9(12)3-2-4-10(8)13/h2-6H,1H3,(H2,14,16). The Bertz CT molecular complexity index is 557. The third-order valence-electron chi connectivity index (χ3n) is 2.15. The van der Waals surface area contributed by atoms with E-state index >= 15 is 0 Å². The second-order valence-corrected chi connectivity index (χ2v) is 5.48. The van der Waals surface area contributed by atoms with Crippen LogP contribution < -0.4 is 5.73 Å². The summed E-state index contributed by atoms with van der Waals surface area (Å²) in [6, 6.07) is 5.99. The molecule has 2 N–H and O–H groups in total. The van der Waals surface area contributed by atoms with Gasteiger partial charge in [0.05, 0.1) is 18.1 Å². The monoisotopic (exact) mass is 404 g/mol. The SMILES string of the molecule is Cc1cn(N=Cc2c(Br)cccc2I)c(N)n1. The average Bonchev–Trinajstić information content (AvgIpc) is 2.57. The average molecular weight is 405 g/mol. The van der Waals surface area contributed by atoms with Crippen LogP contribution in [0.1, 0.15) is 11.3 Å². The summed E-state index contributed by atoms with van der Waals surface area (Å²) >= 11 is 5.76. The van der Waals surface area contributed by atoms with Gasteiger partial charge >= 0.3 is 0 Å². The maximum absolute atomic E-state index is 5.71. The van der Waals surface area contributed by atoms with Crippen LogP contribution in [0.4, 0.5) is 5.95 Å². The highest BCUT2D eigenvalue weighted by Gasteiger charge is 2.02. The Morgan fingerprint density at radius 3 is 2.88 bits per heavy atom. The molecule has 0 atom stereocenters. The Hall–Kier alpha value is -0.890. The molecule has 0 fully saturated rings. The van der Waals surface area contributed by atoms with Gasteiger partial charge in [0, 0.05) is 13.6 Å². The molecule has 0 saturated heterocycles. The van der Waals surface area contributed by atoms with E-state index in [1.165, 1.54) is 0 Å². The number of nitrogens with zero attached hydrogens (tertiary/aromatic N) is 3. The van der Waals surface area contributed by atoms with Crippen molar-refractivity contribution in [1.29, 1.82) is 0 Å². The van der Waals surface area contributed by atoms with Crippen LogP contribution >= 0.6 is 38.5 Å². The summed E-state index contributed by atoms with van der Waals surface area (Å²) in [5, 5.41) is 4.29. The number of benzene rings is 1. The first-order chi connectivity index (χ1) is 8.08. The number of rotatable bonds is 2. The Morgan fingerprint density at radius 1 is 1.53 bits per heavy atom. The van der Waals surface area contributed by atoms with Gasteiger partial charge in [0.1, 0.15) is 0 Å². The van der Waals surface area contributed by atoms with Gasteiger partial charge in [0.25, 0.3) is 0 Å². The molecule has 0 aliphatic carbocycles. The minimum Gasteiger partial charge on any atom is -0.368 e. The molecule has 1 heterocycles. The molecule has 1 aromatic carbocycles. The van der Waals surface area contributed by atoms with Gasteiger partial charge in [-0.1, -0.05) is 22.0 Å². The number of aryl methyl sites for hydroxylation is 1. The minimum atomic E-state index is 0.390. The van der Waals surface area contributed by atoms with E-state index in [9.17, 15) is 0 Å². The topological polar surface area (TPSA) is 56.2 Å². The molecule has 0 amide bonds. The second kappa shape index (κ2) is 5.18. The molecule has 88 valence electrons. The zero-order valence-corrected chi connectivity index (χ0v) is 12.8. The fraction of sp³-hybridized carbons (Fsp3) is 0.0909. The maximum atomic E-state index is 5.71. The van der Waals surface area contributed by atoms with E-state index in [2.05, 4.69) is 48.6 Å². The van der Waals surface area contributed by atoms with Crippen molar-refractivity contribution in [3.05, 3.63) is 43.7 Å². The van der Waals surface area contributed by atoms with E-state index in [1.54, 1.807) is 17.1 Å². The van der Waals surface area contributed by atoms with Gasteiger partial charge in [-0.3, -0.25) is 0 Å². The van der Waals surface area contributed by atoms with E-state index in [0.29, 0.717) is 5.95 Å². The summed E-state index contributed by atoms with van der Waals surface area (Å²) in [4.78, 5) is 4.08. The molecule has 0 saturated carbocycles. The lowest BCUT2D eigenvalue weighted by atomic mass is 10.2. The quantitative estimate of drug-likeness (QED) is 0.617. The Morgan fingerprint density at radius 2 is 2.29 bits per heavy atom. The lowest BCUT2D eigenvalue weighted by molar-refractivity contribution is 0.896. The highest BCUT2D eigenvalue weighted by Crippen LogP contribution is 2.20. The molecule has 1 aromatic heterocycles. The van der Waals surface area contributed by atoms with Gasteiger partial charge in [-0.05, 0) is 41.6 Å². The predicted octanol–water partition coefficient (Wildman–Crippen LogP) is 3.02. The first-order valence-electron chi connectivity index (χ1n) is 4.88. The molecule has 0 aliphatic heterocycles. The second-order valence-electron chi connectivity index (χ2n) is 3.46. The highest BCUT2D eigenvalue weighted by molar-refractivity contribution is 14.1. The summed E-state index contributed by atoms with van der Waals surface area (Å²) < 4.78 is 3.69. The van der Waals surface area contributed by atoms with Crippen molar-refractivity contribution in [2.24, 2.45) is 5.10 Å². The molecule has 0 bridgehead atoms. The molecule has 0 unspecified atom stereocenters. The van der Waals surface area contributed by atoms with Crippen LogP contribution in [0.25, 0.3) is 0 Å². The van der Waals surface area contributed by atoms with Gasteiger partial charge in [-0.15, -0.1) is 0 Å². The van der Waals surface area contributed by atoms with Crippen molar-refractivity contribution in [3.63, 3.8) is 0 Å². The number of nitrogens with two attached hydrogens (primary N) is 1. The minimum absolute atomic E-state index is 0.390. The molecule has 4 nitrogen and oxygen atoms in total. The zero-order valence-electron chi connectivity index (χ0n) is 9.06. The van der Waals surface area contributed by atoms with Gasteiger partial charge in [0.2, 0.25) is 5.95 Å². The van der Waals surface area contributed by atoms with Crippen LogP contribution in [0.15, 0.2) is 34.0 Å². The highest BCUT2D eigenvalue weighted by atomic mass is 127. The van der Waals surface area contributed by atoms with Crippen molar-refractivity contribution in [3.8, 4) is 0 Å². The van der Waals surface area contributed by atoms with Crippen molar-refractivity contribution < 1.29 is 0 Å². The largest absolute Gasteiger partial charge is 0.368 e. The number of anilines is 1. The molecule has 2 rings (SSSR count). The summed E-state index contributed by atoms with van der Waals surface area (Å²) in [5.74, 6) is 0.390. The Balaban J connectivity index is 2.35. The van der Waals surface area contributed by atoms with E-state index in [0.717, 1.165) is 19.3 Å². The van der Waals surface area contributed by atoms with Crippen LogP contribution in [-0.2, 0) is 0 Å². The molecular formula is C11H10BrIN4. The van der Waals surface area contributed by atoms with Crippen LogP contribution in [0.2, 0.25) is 0 Å². The summed E-state index contributed by atoms with van der Waals surface area (Å²) in [6.07, 6.45) is 3.55. The van der Waals surface area contributed by atoms with Gasteiger partial charge in [-0.25, -0.2) is 9.66 Å². The Labute approximate surface area is 121 Å². The molecule has 6 heteroatoms. The van der Waals surface area contributed by atoms with E-state index < -0.39 is 0 Å². The number of hydrogen-bond acceptors (Lipinski definition) is 3. The molecule has 17 heavy (non-hydrogen) atoms. The lowest BCUT2D eigenvalue weighted by Crippen LogP contribution is -1.98. The van der Waals surface area contributed by atoms with Crippen LogP contribution in [0.5, 0.6) is 0 Å². The van der Waals surface area contributed by atoms with Gasteiger partial charge < -0.3 is 5.73 Å². The first kappa shape index (κ1) is 12.6. The molecular weight excluding hydrogens is 395 g/mol. The number of hydrogen-bond donors (Lipinski definition) is 1. The smallest absolute Gasteiger partial charge is 0.221 e. The summed E-state index contributed by atoms with van der Waals surface area (Å²) in [7, 11) is 0. The van der Waals surface area contributed by atoms with Crippen LogP contribution in [0, 0.1) is 10.5 Å².